The summed E-state index contributed by atoms with van der Waals surface area (Å²) in [5.41, 5.74) is 1.05. The molecule has 0 aliphatic heterocycles. The minimum Gasteiger partial charge on any atom is -0.452 e. The standard InChI is InChI=1S/C17H16N2O5S/c18-25(22,23)15-8-4-7-14(11-15)19-16(20)12-24-17(21)10-9-13-5-2-1-3-6-13/h1-11H,12H2,(H,19,20)(H2,18,22,23)/b10-9+. The molecular weight excluding hydrogens is 344 g/mol. The second-order valence-corrected chi connectivity index (χ2v) is 6.53. The zero-order valence-corrected chi connectivity index (χ0v) is 13.9. The highest BCUT2D eigenvalue weighted by molar-refractivity contribution is 7.89. The van der Waals surface area contributed by atoms with Gasteiger partial charge in [-0.2, -0.15) is 0 Å². The molecule has 25 heavy (non-hydrogen) atoms. The van der Waals surface area contributed by atoms with Crippen molar-refractivity contribution in [2.75, 3.05) is 11.9 Å². The Morgan fingerprint density at radius 3 is 2.48 bits per heavy atom. The molecule has 0 aliphatic rings. The Bertz CT molecular complexity index is 892. The van der Waals surface area contributed by atoms with Gasteiger partial charge in [-0.05, 0) is 29.8 Å². The van der Waals surface area contributed by atoms with Gasteiger partial charge in [0.25, 0.3) is 5.91 Å². The number of primary sulfonamides is 1. The van der Waals surface area contributed by atoms with Crippen LogP contribution in [-0.2, 0) is 24.3 Å². The second kappa shape index (κ2) is 8.22. The smallest absolute Gasteiger partial charge is 0.331 e. The molecule has 1 amide bonds. The Kier molecular flexibility index (Phi) is 6.04. The van der Waals surface area contributed by atoms with Gasteiger partial charge >= 0.3 is 5.97 Å². The number of benzene rings is 2. The van der Waals surface area contributed by atoms with Gasteiger partial charge in [0.15, 0.2) is 6.61 Å². The van der Waals surface area contributed by atoms with Crippen LogP contribution in [0.1, 0.15) is 5.56 Å². The van der Waals surface area contributed by atoms with Crippen LogP contribution >= 0.6 is 0 Å². The molecule has 0 spiro atoms. The number of nitrogens with two attached hydrogens (primary N) is 1. The topological polar surface area (TPSA) is 116 Å². The lowest BCUT2D eigenvalue weighted by Gasteiger charge is -2.06. The monoisotopic (exact) mass is 360 g/mol. The van der Waals surface area contributed by atoms with Gasteiger partial charge in [0, 0.05) is 11.8 Å². The lowest BCUT2D eigenvalue weighted by atomic mass is 10.2. The molecule has 0 bridgehead atoms. The van der Waals surface area contributed by atoms with Gasteiger partial charge in [-0.1, -0.05) is 36.4 Å². The lowest BCUT2D eigenvalue weighted by Crippen LogP contribution is -2.20. The van der Waals surface area contributed by atoms with Crippen molar-refractivity contribution in [2.45, 2.75) is 4.90 Å². The Balaban J connectivity index is 1.86. The number of nitrogens with one attached hydrogen (secondary N) is 1. The number of carbonyl (C=O) groups is 2. The molecule has 0 atom stereocenters. The van der Waals surface area contributed by atoms with Crippen molar-refractivity contribution in [2.24, 2.45) is 5.14 Å². The van der Waals surface area contributed by atoms with E-state index < -0.39 is 28.5 Å². The fourth-order valence-corrected chi connectivity index (χ4v) is 2.42. The van der Waals surface area contributed by atoms with E-state index in [-0.39, 0.29) is 10.6 Å². The van der Waals surface area contributed by atoms with Crippen LogP contribution in [0, 0.1) is 0 Å². The minimum atomic E-state index is -3.87. The summed E-state index contributed by atoms with van der Waals surface area (Å²) in [6.45, 7) is -0.502. The van der Waals surface area contributed by atoms with Crippen molar-refractivity contribution in [1.29, 1.82) is 0 Å². The number of rotatable bonds is 6. The van der Waals surface area contributed by atoms with E-state index >= 15 is 0 Å². The highest BCUT2D eigenvalue weighted by atomic mass is 32.2. The number of sulfonamides is 1. The Morgan fingerprint density at radius 1 is 1.08 bits per heavy atom. The quantitative estimate of drug-likeness (QED) is 0.599. The maximum atomic E-state index is 11.8. The van der Waals surface area contributed by atoms with Gasteiger partial charge < -0.3 is 10.1 Å². The molecule has 8 heteroatoms. The predicted molar refractivity (Wildman–Crippen MR) is 92.9 cm³/mol. The summed E-state index contributed by atoms with van der Waals surface area (Å²) in [7, 11) is -3.87. The summed E-state index contributed by atoms with van der Waals surface area (Å²) in [4.78, 5) is 23.2. The Labute approximate surface area is 145 Å². The zero-order chi connectivity index (χ0) is 18.3. The maximum Gasteiger partial charge on any atom is 0.331 e. The third kappa shape index (κ3) is 6.21. The summed E-state index contributed by atoms with van der Waals surface area (Å²) in [5, 5.41) is 7.44. The maximum absolute atomic E-state index is 11.8. The van der Waals surface area contributed by atoms with Gasteiger partial charge in [0.2, 0.25) is 10.0 Å². The summed E-state index contributed by atoms with van der Waals surface area (Å²) in [6, 6.07) is 14.6. The van der Waals surface area contributed by atoms with Crippen LogP contribution in [0.3, 0.4) is 0 Å². The van der Waals surface area contributed by atoms with E-state index in [2.05, 4.69) is 5.32 Å². The van der Waals surface area contributed by atoms with E-state index in [1.165, 1.54) is 30.3 Å². The van der Waals surface area contributed by atoms with E-state index in [0.29, 0.717) is 0 Å². The summed E-state index contributed by atoms with van der Waals surface area (Å²) < 4.78 is 27.3. The van der Waals surface area contributed by atoms with Crippen molar-refractivity contribution in [3.8, 4) is 0 Å². The molecule has 0 fully saturated rings. The SMILES string of the molecule is NS(=O)(=O)c1cccc(NC(=O)COC(=O)/C=C/c2ccccc2)c1. The molecule has 2 rings (SSSR count). The molecule has 0 saturated carbocycles. The van der Waals surface area contributed by atoms with E-state index in [1.807, 2.05) is 30.3 Å². The number of esters is 1. The normalized spacial score (nSPS) is 11.2. The fraction of sp³-hybridized carbons (Fsp3) is 0.0588. The molecule has 3 N–H and O–H groups in total. The third-order valence-electron chi connectivity index (χ3n) is 3.00. The van der Waals surface area contributed by atoms with E-state index in [0.717, 1.165) is 5.56 Å². The molecule has 0 aromatic heterocycles. The molecule has 0 saturated heterocycles. The first-order valence-corrected chi connectivity index (χ1v) is 8.72. The summed E-state index contributed by atoms with van der Waals surface area (Å²) in [5.74, 6) is -1.27. The van der Waals surface area contributed by atoms with Crippen LogP contribution in [-0.4, -0.2) is 26.9 Å². The first-order valence-electron chi connectivity index (χ1n) is 7.17. The second-order valence-electron chi connectivity index (χ2n) is 4.97. The number of hydrogen-bond acceptors (Lipinski definition) is 5. The van der Waals surface area contributed by atoms with Crippen molar-refractivity contribution in [3.63, 3.8) is 0 Å². The first-order chi connectivity index (χ1) is 11.8. The van der Waals surface area contributed by atoms with Gasteiger partial charge in [-0.15, -0.1) is 0 Å². The number of amides is 1. The molecule has 0 radical (unpaired) electrons. The molecular formula is C17H16N2O5S. The van der Waals surface area contributed by atoms with Crippen LogP contribution in [0.25, 0.3) is 6.08 Å². The number of ether oxygens (including phenoxy) is 1. The predicted octanol–water partition coefficient (Wildman–Crippen LogP) is 1.53. The Hall–Kier alpha value is -2.97. The third-order valence-corrected chi connectivity index (χ3v) is 3.91. The largest absolute Gasteiger partial charge is 0.452 e. The molecule has 0 unspecified atom stereocenters. The van der Waals surface area contributed by atoms with Gasteiger partial charge in [0.1, 0.15) is 0 Å². The highest BCUT2D eigenvalue weighted by Crippen LogP contribution is 2.13. The fourth-order valence-electron chi connectivity index (χ4n) is 1.86. The van der Waals surface area contributed by atoms with Crippen LogP contribution < -0.4 is 10.5 Å². The minimum absolute atomic E-state index is 0.131. The van der Waals surface area contributed by atoms with Crippen molar-refractivity contribution in [1.82, 2.24) is 0 Å². The van der Waals surface area contributed by atoms with Crippen LogP contribution in [0.5, 0.6) is 0 Å². The molecule has 2 aromatic carbocycles. The van der Waals surface area contributed by atoms with Gasteiger partial charge in [-0.25, -0.2) is 18.4 Å². The van der Waals surface area contributed by atoms with E-state index in [9.17, 15) is 18.0 Å². The first kappa shape index (κ1) is 18.4. The van der Waals surface area contributed by atoms with Crippen LogP contribution in [0.15, 0.2) is 65.6 Å². The summed E-state index contributed by atoms with van der Waals surface area (Å²) in [6.07, 6.45) is 2.78. The Morgan fingerprint density at radius 2 is 1.80 bits per heavy atom. The van der Waals surface area contributed by atoms with Crippen molar-refractivity contribution >= 4 is 33.7 Å². The van der Waals surface area contributed by atoms with E-state index in [1.54, 1.807) is 6.08 Å². The average Bonchev–Trinajstić information content (AvgIpc) is 2.58. The molecule has 0 aliphatic carbocycles. The van der Waals surface area contributed by atoms with Crippen LogP contribution in [0.2, 0.25) is 0 Å². The molecule has 0 heterocycles. The number of carbonyl (C=O) groups excluding carboxylic acids is 2. The number of hydrogen-bond donors (Lipinski definition) is 2. The highest BCUT2D eigenvalue weighted by Gasteiger charge is 2.10. The van der Waals surface area contributed by atoms with Gasteiger partial charge in [0.05, 0.1) is 4.90 Å². The lowest BCUT2D eigenvalue weighted by molar-refractivity contribution is -0.142. The molecule has 2 aromatic rings. The average molecular weight is 360 g/mol. The zero-order valence-electron chi connectivity index (χ0n) is 13.1. The van der Waals surface area contributed by atoms with E-state index in [4.69, 9.17) is 9.88 Å². The number of anilines is 1. The van der Waals surface area contributed by atoms with Crippen molar-refractivity contribution in [3.05, 3.63) is 66.2 Å². The van der Waals surface area contributed by atoms with Crippen molar-refractivity contribution < 1.29 is 22.7 Å². The molecule has 7 nitrogen and oxygen atoms in total. The molecule has 130 valence electrons. The van der Waals surface area contributed by atoms with Crippen LogP contribution in [0.4, 0.5) is 5.69 Å². The summed E-state index contributed by atoms with van der Waals surface area (Å²) >= 11 is 0. The van der Waals surface area contributed by atoms with Gasteiger partial charge in [-0.3, -0.25) is 4.79 Å².